The van der Waals surface area contributed by atoms with Gasteiger partial charge in [0, 0.05) is 25.0 Å². The van der Waals surface area contributed by atoms with Gasteiger partial charge < -0.3 is 21.2 Å². The number of nitrogens with one attached hydrogen (secondary N) is 2. The van der Waals surface area contributed by atoms with Gasteiger partial charge in [-0.1, -0.05) is 24.3 Å². The van der Waals surface area contributed by atoms with Gasteiger partial charge in [0.2, 0.25) is 0 Å². The molecule has 0 aliphatic heterocycles. The molecule has 0 aliphatic carbocycles. The zero-order valence-corrected chi connectivity index (χ0v) is 16.0. The van der Waals surface area contributed by atoms with Crippen molar-refractivity contribution in [1.29, 1.82) is 5.41 Å². The number of nitrogens with zero attached hydrogens (tertiary/aromatic N) is 1. The number of rotatable bonds is 5. The number of carbonyl (C=O) groups excluding carboxylic acids is 1. The van der Waals surface area contributed by atoms with Crippen LogP contribution in [0, 0.1) is 5.41 Å². The molecule has 0 fully saturated rings. The van der Waals surface area contributed by atoms with Gasteiger partial charge in [-0.15, -0.1) is 0 Å². The van der Waals surface area contributed by atoms with Gasteiger partial charge in [-0.2, -0.15) is 13.2 Å². The molecule has 0 saturated carbocycles. The standard InChI is InChI=1S/C20H20F3N5O2/c1-28(19(25)26)18(29)17-8-14-15(20(21,22)23)6-13(7-16(14)27-17)30-10-12-5-3-2-4-11(12)9-24/h2-8,27H,9-10,24H2,1H3,(H3,25,26). The first-order valence-electron chi connectivity index (χ1n) is 8.87. The van der Waals surface area contributed by atoms with Gasteiger partial charge in [0.05, 0.1) is 11.1 Å². The minimum Gasteiger partial charge on any atom is -0.489 e. The Balaban J connectivity index is 2.00. The van der Waals surface area contributed by atoms with Crippen LogP contribution < -0.4 is 16.2 Å². The van der Waals surface area contributed by atoms with E-state index in [-0.39, 0.29) is 35.5 Å². The van der Waals surface area contributed by atoms with Crippen molar-refractivity contribution in [2.24, 2.45) is 11.5 Å². The zero-order chi connectivity index (χ0) is 22.1. The quantitative estimate of drug-likeness (QED) is 0.375. The van der Waals surface area contributed by atoms with Crippen molar-refractivity contribution >= 4 is 22.8 Å². The minimum atomic E-state index is -4.66. The van der Waals surface area contributed by atoms with Crippen molar-refractivity contribution in [2.75, 3.05) is 7.05 Å². The van der Waals surface area contributed by atoms with E-state index in [1.54, 1.807) is 12.1 Å². The number of aromatic nitrogens is 1. The second kappa shape index (κ2) is 8.07. The number of aromatic amines is 1. The Morgan fingerprint density at radius 2 is 1.87 bits per heavy atom. The molecular formula is C20H20F3N5O2. The fourth-order valence-corrected chi connectivity index (χ4v) is 2.99. The van der Waals surface area contributed by atoms with Crippen molar-refractivity contribution in [1.82, 2.24) is 9.88 Å². The highest BCUT2D eigenvalue weighted by atomic mass is 19.4. The number of fused-ring (bicyclic) bond motifs is 1. The number of benzene rings is 2. The molecule has 1 amide bonds. The topological polar surface area (TPSA) is 121 Å². The van der Waals surface area contributed by atoms with Gasteiger partial charge in [-0.25, -0.2) is 0 Å². The van der Waals surface area contributed by atoms with Gasteiger partial charge >= 0.3 is 6.18 Å². The van der Waals surface area contributed by atoms with E-state index in [4.69, 9.17) is 21.6 Å². The first-order valence-corrected chi connectivity index (χ1v) is 8.87. The Bertz CT molecular complexity index is 1110. The number of nitrogens with two attached hydrogens (primary N) is 2. The van der Waals surface area contributed by atoms with Gasteiger partial charge in [0.1, 0.15) is 18.1 Å². The number of guanidine groups is 1. The van der Waals surface area contributed by atoms with Crippen LogP contribution in [-0.4, -0.2) is 28.8 Å². The molecule has 0 spiro atoms. The second-order valence-electron chi connectivity index (χ2n) is 6.62. The van der Waals surface area contributed by atoms with E-state index in [1.807, 2.05) is 12.1 Å². The molecule has 30 heavy (non-hydrogen) atoms. The highest BCUT2D eigenvalue weighted by molar-refractivity contribution is 6.06. The van der Waals surface area contributed by atoms with Crippen molar-refractivity contribution in [2.45, 2.75) is 19.3 Å². The first kappa shape index (κ1) is 21.2. The summed E-state index contributed by atoms with van der Waals surface area (Å²) in [4.78, 5) is 15.8. The predicted molar refractivity (Wildman–Crippen MR) is 106 cm³/mol. The smallest absolute Gasteiger partial charge is 0.417 e. The average Bonchev–Trinajstić information content (AvgIpc) is 3.13. The van der Waals surface area contributed by atoms with Crippen LogP contribution in [-0.2, 0) is 19.3 Å². The number of alkyl halides is 3. The molecule has 7 nitrogen and oxygen atoms in total. The molecule has 0 aliphatic rings. The summed E-state index contributed by atoms with van der Waals surface area (Å²) in [5, 5.41) is 7.14. The molecule has 1 aromatic heterocycles. The van der Waals surface area contributed by atoms with Crippen LogP contribution in [0.25, 0.3) is 10.9 Å². The lowest BCUT2D eigenvalue weighted by molar-refractivity contribution is -0.136. The molecule has 1 heterocycles. The zero-order valence-electron chi connectivity index (χ0n) is 16.0. The van der Waals surface area contributed by atoms with Gasteiger partial charge in [-0.05, 0) is 23.3 Å². The number of hydrogen-bond donors (Lipinski definition) is 4. The van der Waals surface area contributed by atoms with E-state index < -0.39 is 23.6 Å². The van der Waals surface area contributed by atoms with E-state index in [2.05, 4.69) is 4.98 Å². The third-order valence-electron chi connectivity index (χ3n) is 4.65. The molecule has 2 aromatic carbocycles. The molecule has 10 heteroatoms. The maximum Gasteiger partial charge on any atom is 0.417 e. The highest BCUT2D eigenvalue weighted by Crippen LogP contribution is 2.38. The number of carbonyl (C=O) groups is 1. The largest absolute Gasteiger partial charge is 0.489 e. The summed E-state index contributed by atoms with van der Waals surface area (Å²) in [5.74, 6) is -1.27. The summed E-state index contributed by atoms with van der Waals surface area (Å²) in [6.07, 6.45) is -4.66. The summed E-state index contributed by atoms with van der Waals surface area (Å²) in [6, 6.07) is 10.6. The Morgan fingerprint density at radius 3 is 2.47 bits per heavy atom. The summed E-state index contributed by atoms with van der Waals surface area (Å²) < 4.78 is 46.5. The Hall–Kier alpha value is -3.53. The number of H-pyrrole nitrogens is 1. The molecule has 0 saturated heterocycles. The fraction of sp³-hybridized carbons (Fsp3) is 0.200. The van der Waals surface area contributed by atoms with Crippen molar-refractivity contribution in [3.8, 4) is 5.75 Å². The summed E-state index contributed by atoms with van der Waals surface area (Å²) in [6.45, 7) is 0.313. The van der Waals surface area contributed by atoms with Gasteiger partial charge in [0.25, 0.3) is 5.91 Å². The second-order valence-corrected chi connectivity index (χ2v) is 6.62. The maximum absolute atomic E-state index is 13.6. The molecule has 0 radical (unpaired) electrons. The maximum atomic E-state index is 13.6. The molecular weight excluding hydrogens is 399 g/mol. The number of hydrogen-bond acceptors (Lipinski definition) is 4. The predicted octanol–water partition coefficient (Wildman–Crippen LogP) is 3.19. The summed E-state index contributed by atoms with van der Waals surface area (Å²) in [5.41, 5.74) is 11.6. The highest BCUT2D eigenvalue weighted by Gasteiger charge is 2.34. The molecule has 3 rings (SSSR count). The third-order valence-corrected chi connectivity index (χ3v) is 4.65. The molecule has 6 N–H and O–H groups in total. The van der Waals surface area contributed by atoms with Gasteiger partial charge in [0.15, 0.2) is 5.96 Å². The van der Waals surface area contributed by atoms with Crippen LogP contribution in [0.1, 0.15) is 27.2 Å². The number of ether oxygens (including phenoxy) is 1. The van der Waals surface area contributed by atoms with Crippen molar-refractivity contribution in [3.05, 3.63) is 64.8 Å². The molecule has 3 aromatic rings. The molecule has 0 unspecified atom stereocenters. The van der Waals surface area contributed by atoms with Crippen molar-refractivity contribution in [3.63, 3.8) is 0 Å². The van der Waals surface area contributed by atoms with E-state index in [9.17, 15) is 18.0 Å². The lowest BCUT2D eigenvalue weighted by Gasteiger charge is -2.13. The van der Waals surface area contributed by atoms with E-state index in [0.717, 1.165) is 28.2 Å². The number of amides is 1. The third kappa shape index (κ3) is 4.23. The van der Waals surface area contributed by atoms with E-state index in [0.29, 0.717) is 0 Å². The average molecular weight is 419 g/mol. The summed E-state index contributed by atoms with van der Waals surface area (Å²) >= 11 is 0. The van der Waals surface area contributed by atoms with Crippen LogP contribution >= 0.6 is 0 Å². The lowest BCUT2D eigenvalue weighted by Crippen LogP contribution is -2.38. The molecule has 158 valence electrons. The molecule has 0 atom stereocenters. The van der Waals surface area contributed by atoms with Crippen molar-refractivity contribution < 1.29 is 22.7 Å². The van der Waals surface area contributed by atoms with Crippen LogP contribution in [0.15, 0.2) is 42.5 Å². The lowest BCUT2D eigenvalue weighted by atomic mass is 10.1. The SMILES string of the molecule is CN(C(=N)N)C(=O)c1cc2c(C(F)(F)F)cc(OCc3ccccc3CN)cc2[nH]1. The molecule has 0 bridgehead atoms. The van der Waals surface area contributed by atoms with Crippen LogP contribution in [0.5, 0.6) is 5.75 Å². The van der Waals surface area contributed by atoms with Crippen LogP contribution in [0.3, 0.4) is 0 Å². The minimum absolute atomic E-state index is 0.0116. The Kier molecular flexibility index (Phi) is 5.70. The normalized spacial score (nSPS) is 11.5. The van der Waals surface area contributed by atoms with E-state index >= 15 is 0 Å². The monoisotopic (exact) mass is 419 g/mol. The number of halogens is 3. The Labute approximate surface area is 169 Å². The van der Waals surface area contributed by atoms with Crippen LogP contribution in [0.2, 0.25) is 0 Å². The summed E-state index contributed by atoms with van der Waals surface area (Å²) in [7, 11) is 1.25. The van der Waals surface area contributed by atoms with Crippen LogP contribution in [0.4, 0.5) is 13.2 Å². The van der Waals surface area contributed by atoms with Gasteiger partial charge in [-0.3, -0.25) is 15.1 Å². The first-order chi connectivity index (χ1) is 14.1. The van der Waals surface area contributed by atoms with E-state index in [1.165, 1.54) is 13.1 Å². The fourth-order valence-electron chi connectivity index (χ4n) is 2.99. The Morgan fingerprint density at radius 1 is 1.20 bits per heavy atom.